The van der Waals surface area contributed by atoms with Crippen LogP contribution >= 0.6 is 0 Å². The van der Waals surface area contributed by atoms with Gasteiger partial charge in [0.25, 0.3) is 0 Å². The molecule has 0 saturated carbocycles. The number of halogens is 1. The van der Waals surface area contributed by atoms with Crippen molar-refractivity contribution in [1.29, 1.82) is 0 Å². The maximum atomic E-state index is 10.6. The molecule has 13 heavy (non-hydrogen) atoms. The molecule has 0 saturated heterocycles. The van der Waals surface area contributed by atoms with Gasteiger partial charge in [0.15, 0.2) is 0 Å². The first kappa shape index (κ1) is 14.5. The van der Waals surface area contributed by atoms with Crippen LogP contribution < -0.4 is 0 Å². The Hall–Kier alpha value is -0.990. The van der Waals surface area contributed by atoms with E-state index in [0.717, 1.165) is 13.4 Å². The lowest BCUT2D eigenvalue weighted by Crippen LogP contribution is -1.99. The van der Waals surface area contributed by atoms with Crippen molar-refractivity contribution < 1.29 is 31.0 Å². The average molecular weight is 216 g/mol. The molecular weight excluding hydrogens is 207 g/mol. The smallest absolute Gasteiger partial charge is 0.430 e. The van der Waals surface area contributed by atoms with Gasteiger partial charge in [-0.1, -0.05) is 6.58 Å². The van der Waals surface area contributed by atoms with E-state index >= 15 is 0 Å². The topological polar surface area (TPSA) is 78.9 Å². The number of rotatable bonds is 3. The van der Waals surface area contributed by atoms with Crippen LogP contribution in [0.5, 0.6) is 0 Å². The minimum absolute atomic E-state index is 0.329. The zero-order valence-corrected chi connectivity index (χ0v) is 7.84. The lowest BCUT2D eigenvalue weighted by Gasteiger charge is -1.86. The average Bonchev–Trinajstić information content (AvgIpc) is 2.05. The SMILES string of the molecule is C=COC(C)=O.COS(=O)(=O)OF. The summed E-state index contributed by atoms with van der Waals surface area (Å²) in [5.41, 5.74) is 0. The van der Waals surface area contributed by atoms with Crippen molar-refractivity contribution in [1.82, 2.24) is 0 Å². The molecule has 0 N–H and O–H groups in total. The Kier molecular flexibility index (Phi) is 8.55. The normalized spacial score (nSPS) is 9.46. The first-order chi connectivity index (χ1) is 5.89. The molecule has 0 aromatic heterocycles. The van der Waals surface area contributed by atoms with Crippen molar-refractivity contribution in [3.8, 4) is 0 Å². The predicted octanol–water partition coefficient (Wildman–Crippen LogP) is 0.472. The minimum Gasteiger partial charge on any atom is -0.435 e. The molecule has 0 aromatic carbocycles. The Labute approximate surface area is 75.1 Å². The molecule has 0 unspecified atom stereocenters. The Morgan fingerprint density at radius 1 is 1.54 bits per heavy atom. The quantitative estimate of drug-likeness (QED) is 0.504. The third kappa shape index (κ3) is 13.9. The van der Waals surface area contributed by atoms with Gasteiger partial charge in [-0.05, 0) is 8.91 Å². The van der Waals surface area contributed by atoms with Crippen molar-refractivity contribution in [3.63, 3.8) is 0 Å². The largest absolute Gasteiger partial charge is 0.435 e. The zero-order chi connectivity index (χ0) is 10.9. The van der Waals surface area contributed by atoms with Crippen LogP contribution in [0.1, 0.15) is 6.92 Å². The van der Waals surface area contributed by atoms with Crippen molar-refractivity contribution in [2.24, 2.45) is 0 Å². The fourth-order valence-corrected chi connectivity index (χ4v) is 0.195. The second-order valence-corrected chi connectivity index (χ2v) is 2.69. The van der Waals surface area contributed by atoms with Crippen LogP contribution in [0.15, 0.2) is 12.8 Å². The second-order valence-electron chi connectivity index (χ2n) is 1.41. The molecule has 0 amide bonds. The van der Waals surface area contributed by atoms with Crippen molar-refractivity contribution in [2.45, 2.75) is 6.92 Å². The minimum atomic E-state index is -4.32. The number of carbonyl (C=O) groups excluding carboxylic acids is 1. The van der Waals surface area contributed by atoms with E-state index in [4.69, 9.17) is 0 Å². The summed E-state index contributed by atoms with van der Waals surface area (Å²) in [7, 11) is -3.54. The molecule has 0 aliphatic carbocycles. The number of hydrogen-bond acceptors (Lipinski definition) is 6. The van der Waals surface area contributed by atoms with Gasteiger partial charge in [0.2, 0.25) is 0 Å². The number of carbonyl (C=O) groups is 1. The summed E-state index contributed by atoms with van der Waals surface area (Å²) in [5.74, 6) is -0.329. The number of esters is 1. The standard InChI is InChI=1S/C4H6O2.CH3FO4S/c1-3-6-4(2)5;1-5-7(3,4)6-2/h3H,1H2,2H3;1H3. The summed E-state index contributed by atoms with van der Waals surface area (Å²) in [6, 6.07) is 0. The Morgan fingerprint density at radius 2 is 2.00 bits per heavy atom. The van der Waals surface area contributed by atoms with Crippen molar-refractivity contribution in [3.05, 3.63) is 12.8 Å². The van der Waals surface area contributed by atoms with E-state index in [9.17, 15) is 17.7 Å². The number of ether oxygens (including phenoxy) is 1. The Morgan fingerprint density at radius 3 is 2.00 bits per heavy atom. The van der Waals surface area contributed by atoms with E-state index in [1.807, 2.05) is 0 Å². The van der Waals surface area contributed by atoms with Gasteiger partial charge in [0.1, 0.15) is 0 Å². The molecule has 0 aliphatic rings. The van der Waals surface area contributed by atoms with E-state index in [-0.39, 0.29) is 5.97 Å². The van der Waals surface area contributed by atoms with Crippen LogP contribution in [0.3, 0.4) is 0 Å². The van der Waals surface area contributed by atoms with Crippen LogP contribution in [-0.4, -0.2) is 21.5 Å². The molecule has 78 valence electrons. The number of hydrogen-bond donors (Lipinski definition) is 0. The van der Waals surface area contributed by atoms with Gasteiger partial charge >= 0.3 is 16.4 Å². The highest BCUT2D eigenvalue weighted by atomic mass is 32.3. The van der Waals surface area contributed by atoms with Gasteiger partial charge in [0.05, 0.1) is 13.4 Å². The summed E-state index contributed by atoms with van der Waals surface area (Å²) in [5, 5.41) is 0. The van der Waals surface area contributed by atoms with E-state index in [2.05, 4.69) is 19.9 Å². The van der Waals surface area contributed by atoms with Crippen LogP contribution in [0.4, 0.5) is 4.53 Å². The summed E-state index contributed by atoms with van der Waals surface area (Å²) in [6.45, 7) is 4.48. The van der Waals surface area contributed by atoms with Gasteiger partial charge in [-0.25, -0.2) is 4.18 Å². The van der Waals surface area contributed by atoms with Gasteiger partial charge in [-0.3, -0.25) is 4.79 Å². The van der Waals surface area contributed by atoms with Crippen LogP contribution in [0.25, 0.3) is 0 Å². The summed E-state index contributed by atoms with van der Waals surface area (Å²) >= 11 is 0. The lowest BCUT2D eigenvalue weighted by molar-refractivity contribution is -0.135. The van der Waals surface area contributed by atoms with Crippen LogP contribution in [0.2, 0.25) is 0 Å². The molecule has 0 aromatic rings. The van der Waals surface area contributed by atoms with E-state index in [1.54, 1.807) is 0 Å². The molecule has 0 aliphatic heterocycles. The van der Waals surface area contributed by atoms with Gasteiger partial charge in [0, 0.05) is 6.92 Å². The first-order valence-electron chi connectivity index (χ1n) is 2.78. The van der Waals surface area contributed by atoms with Gasteiger partial charge in [-0.15, -0.1) is 0 Å². The molecule has 0 radical (unpaired) electrons. The monoisotopic (exact) mass is 216 g/mol. The molecular formula is C5H9FO6S. The molecule has 8 heteroatoms. The van der Waals surface area contributed by atoms with Crippen molar-refractivity contribution in [2.75, 3.05) is 7.11 Å². The van der Waals surface area contributed by atoms with Gasteiger partial charge < -0.3 is 4.74 Å². The van der Waals surface area contributed by atoms with Gasteiger partial charge in [-0.2, -0.15) is 8.42 Å². The summed E-state index contributed by atoms with van der Waals surface area (Å²) in [6.07, 6.45) is 1.10. The summed E-state index contributed by atoms with van der Waals surface area (Å²) < 4.78 is 39.6. The second kappa shape index (κ2) is 7.65. The maximum Gasteiger partial charge on any atom is 0.430 e. The fourth-order valence-electron chi connectivity index (χ4n) is 0.143. The Bertz CT molecular complexity index is 236. The van der Waals surface area contributed by atoms with E-state index in [1.165, 1.54) is 6.92 Å². The Balaban J connectivity index is 0. The maximum absolute atomic E-state index is 10.6. The van der Waals surface area contributed by atoms with E-state index < -0.39 is 10.4 Å². The molecule has 0 rings (SSSR count). The lowest BCUT2D eigenvalue weighted by atomic mass is 10.8. The summed E-state index contributed by atoms with van der Waals surface area (Å²) in [4.78, 5) is 9.75. The fraction of sp³-hybridized carbons (Fsp3) is 0.400. The molecule has 0 spiro atoms. The highest BCUT2D eigenvalue weighted by Gasteiger charge is 2.06. The highest BCUT2D eigenvalue weighted by Crippen LogP contribution is 1.90. The van der Waals surface area contributed by atoms with Crippen LogP contribution in [-0.2, 0) is 28.5 Å². The molecule has 6 nitrogen and oxygen atoms in total. The van der Waals surface area contributed by atoms with Crippen molar-refractivity contribution >= 4 is 16.4 Å². The third-order valence-corrected chi connectivity index (χ3v) is 1.09. The zero-order valence-electron chi connectivity index (χ0n) is 7.02. The highest BCUT2D eigenvalue weighted by molar-refractivity contribution is 7.81. The predicted molar refractivity (Wildman–Crippen MR) is 40.1 cm³/mol. The first-order valence-corrected chi connectivity index (χ1v) is 4.11. The van der Waals surface area contributed by atoms with Crippen LogP contribution in [0, 0.1) is 0 Å². The molecule has 0 atom stereocenters. The third-order valence-electron chi connectivity index (χ3n) is 0.531. The van der Waals surface area contributed by atoms with E-state index in [0.29, 0.717) is 0 Å². The molecule has 0 bridgehead atoms. The molecule has 0 fully saturated rings. The molecule has 0 heterocycles.